The standard InChI is InChI=1S/C12H16FNO2/c1-2-3-8-16-12(15)9-14-11-6-4-10(13)5-7-11/h4-7,14H,2-3,8-9H2,1H3. The van der Waals surface area contributed by atoms with Gasteiger partial charge in [0, 0.05) is 5.69 Å². The third-order valence-corrected chi connectivity index (χ3v) is 2.04. The summed E-state index contributed by atoms with van der Waals surface area (Å²) < 4.78 is 17.5. The number of esters is 1. The Bertz CT molecular complexity index is 324. The number of rotatable bonds is 6. The molecule has 0 amide bonds. The Morgan fingerprint density at radius 1 is 1.38 bits per heavy atom. The molecule has 1 N–H and O–H groups in total. The van der Waals surface area contributed by atoms with Crippen molar-refractivity contribution in [3.05, 3.63) is 30.1 Å². The molecule has 1 aromatic carbocycles. The van der Waals surface area contributed by atoms with Crippen LogP contribution in [0.15, 0.2) is 24.3 Å². The highest BCUT2D eigenvalue weighted by Crippen LogP contribution is 2.07. The summed E-state index contributed by atoms with van der Waals surface area (Å²) in [4.78, 5) is 11.2. The fraction of sp³-hybridized carbons (Fsp3) is 0.417. The highest BCUT2D eigenvalue weighted by molar-refractivity contribution is 5.74. The Kier molecular flexibility index (Phi) is 5.32. The van der Waals surface area contributed by atoms with Crippen molar-refractivity contribution in [1.82, 2.24) is 0 Å². The van der Waals surface area contributed by atoms with Gasteiger partial charge in [0.05, 0.1) is 6.61 Å². The molecule has 1 rings (SSSR count). The summed E-state index contributed by atoms with van der Waals surface area (Å²) in [5.41, 5.74) is 0.703. The molecule has 0 bridgehead atoms. The van der Waals surface area contributed by atoms with E-state index >= 15 is 0 Å². The molecule has 0 spiro atoms. The molecule has 0 fully saturated rings. The maximum atomic E-state index is 12.6. The molecule has 0 radical (unpaired) electrons. The zero-order valence-corrected chi connectivity index (χ0v) is 9.33. The molecule has 4 heteroatoms. The molecule has 0 aliphatic carbocycles. The van der Waals surface area contributed by atoms with Gasteiger partial charge in [0.2, 0.25) is 0 Å². The molecular weight excluding hydrogens is 209 g/mol. The second-order valence-corrected chi connectivity index (χ2v) is 3.43. The Morgan fingerprint density at radius 2 is 2.06 bits per heavy atom. The Morgan fingerprint density at radius 3 is 2.69 bits per heavy atom. The molecule has 0 saturated carbocycles. The third-order valence-electron chi connectivity index (χ3n) is 2.04. The largest absolute Gasteiger partial charge is 0.464 e. The van der Waals surface area contributed by atoms with Crippen molar-refractivity contribution in [1.29, 1.82) is 0 Å². The van der Waals surface area contributed by atoms with Gasteiger partial charge in [-0.2, -0.15) is 0 Å². The highest BCUT2D eigenvalue weighted by atomic mass is 19.1. The van der Waals surface area contributed by atoms with E-state index in [1.165, 1.54) is 12.1 Å². The van der Waals surface area contributed by atoms with E-state index in [1.54, 1.807) is 12.1 Å². The van der Waals surface area contributed by atoms with Crippen molar-refractivity contribution in [3.8, 4) is 0 Å². The quantitative estimate of drug-likeness (QED) is 0.597. The predicted molar refractivity (Wildman–Crippen MR) is 60.8 cm³/mol. The van der Waals surface area contributed by atoms with Crippen LogP contribution >= 0.6 is 0 Å². The predicted octanol–water partition coefficient (Wildman–Crippen LogP) is 2.58. The number of anilines is 1. The topological polar surface area (TPSA) is 38.3 Å². The maximum Gasteiger partial charge on any atom is 0.325 e. The minimum atomic E-state index is -0.295. The van der Waals surface area contributed by atoms with E-state index in [2.05, 4.69) is 5.32 Å². The lowest BCUT2D eigenvalue weighted by atomic mass is 10.3. The zero-order chi connectivity index (χ0) is 11.8. The summed E-state index contributed by atoms with van der Waals surface area (Å²) in [5, 5.41) is 2.86. The van der Waals surface area contributed by atoms with Crippen LogP contribution in [0.3, 0.4) is 0 Å². The molecule has 0 atom stereocenters. The van der Waals surface area contributed by atoms with Gasteiger partial charge >= 0.3 is 5.97 Å². The lowest BCUT2D eigenvalue weighted by Gasteiger charge is -2.06. The molecular formula is C12H16FNO2. The molecule has 3 nitrogen and oxygen atoms in total. The minimum Gasteiger partial charge on any atom is -0.464 e. The summed E-state index contributed by atoms with van der Waals surface area (Å²) in [6.45, 7) is 2.60. The first kappa shape index (κ1) is 12.5. The van der Waals surface area contributed by atoms with E-state index in [0.717, 1.165) is 12.8 Å². The zero-order valence-electron chi connectivity index (χ0n) is 9.33. The molecule has 0 aromatic heterocycles. The van der Waals surface area contributed by atoms with E-state index in [-0.39, 0.29) is 18.3 Å². The molecule has 0 heterocycles. The van der Waals surface area contributed by atoms with Crippen molar-refractivity contribution in [2.75, 3.05) is 18.5 Å². The first-order chi connectivity index (χ1) is 7.72. The Labute approximate surface area is 94.6 Å². The smallest absolute Gasteiger partial charge is 0.325 e. The van der Waals surface area contributed by atoms with Crippen LogP contribution in [-0.4, -0.2) is 19.1 Å². The van der Waals surface area contributed by atoms with Crippen molar-refractivity contribution in [2.24, 2.45) is 0 Å². The van der Waals surface area contributed by atoms with Gasteiger partial charge in [-0.1, -0.05) is 13.3 Å². The number of ether oxygens (including phenoxy) is 1. The van der Waals surface area contributed by atoms with Crippen LogP contribution in [0.4, 0.5) is 10.1 Å². The number of nitrogens with one attached hydrogen (secondary N) is 1. The van der Waals surface area contributed by atoms with Gasteiger partial charge in [0.15, 0.2) is 0 Å². The molecule has 16 heavy (non-hydrogen) atoms. The summed E-state index contributed by atoms with van der Waals surface area (Å²) >= 11 is 0. The summed E-state index contributed by atoms with van der Waals surface area (Å²) in [5.74, 6) is -0.589. The van der Waals surface area contributed by atoms with Gasteiger partial charge in [-0.15, -0.1) is 0 Å². The van der Waals surface area contributed by atoms with Gasteiger partial charge in [0.1, 0.15) is 12.4 Å². The van der Waals surface area contributed by atoms with Crippen LogP contribution < -0.4 is 5.32 Å². The molecule has 88 valence electrons. The van der Waals surface area contributed by atoms with Crippen molar-refractivity contribution in [3.63, 3.8) is 0 Å². The van der Waals surface area contributed by atoms with E-state index in [9.17, 15) is 9.18 Å². The van der Waals surface area contributed by atoms with Crippen LogP contribution in [0.1, 0.15) is 19.8 Å². The molecule has 1 aromatic rings. The number of hydrogen-bond acceptors (Lipinski definition) is 3. The van der Waals surface area contributed by atoms with Crippen LogP contribution in [0.25, 0.3) is 0 Å². The van der Waals surface area contributed by atoms with Crippen molar-refractivity contribution in [2.45, 2.75) is 19.8 Å². The third kappa shape index (κ3) is 4.77. The Hall–Kier alpha value is -1.58. The average Bonchev–Trinajstić information content (AvgIpc) is 2.29. The number of carbonyl (C=O) groups excluding carboxylic acids is 1. The van der Waals surface area contributed by atoms with Gasteiger partial charge in [-0.05, 0) is 30.7 Å². The fourth-order valence-corrected chi connectivity index (χ4v) is 1.12. The first-order valence-corrected chi connectivity index (χ1v) is 5.37. The monoisotopic (exact) mass is 225 g/mol. The van der Waals surface area contributed by atoms with Gasteiger partial charge in [0.25, 0.3) is 0 Å². The van der Waals surface area contributed by atoms with Crippen molar-refractivity contribution >= 4 is 11.7 Å². The highest BCUT2D eigenvalue weighted by Gasteiger charge is 2.01. The van der Waals surface area contributed by atoms with E-state index in [1.807, 2.05) is 6.92 Å². The van der Waals surface area contributed by atoms with E-state index in [4.69, 9.17) is 4.74 Å². The van der Waals surface area contributed by atoms with Crippen LogP contribution in [0.5, 0.6) is 0 Å². The Balaban J connectivity index is 2.23. The van der Waals surface area contributed by atoms with Crippen LogP contribution in [0, 0.1) is 5.82 Å². The lowest BCUT2D eigenvalue weighted by Crippen LogP contribution is -2.17. The lowest BCUT2D eigenvalue weighted by molar-refractivity contribution is -0.141. The SMILES string of the molecule is CCCCOC(=O)CNc1ccc(F)cc1. The number of unbranched alkanes of at least 4 members (excludes halogenated alkanes) is 1. The van der Waals surface area contributed by atoms with Gasteiger partial charge in [-0.25, -0.2) is 4.39 Å². The normalized spacial score (nSPS) is 9.88. The maximum absolute atomic E-state index is 12.6. The number of carbonyl (C=O) groups is 1. The van der Waals surface area contributed by atoms with E-state index < -0.39 is 0 Å². The minimum absolute atomic E-state index is 0.106. The summed E-state index contributed by atoms with van der Waals surface area (Å²) in [6.07, 6.45) is 1.88. The summed E-state index contributed by atoms with van der Waals surface area (Å²) in [7, 11) is 0. The first-order valence-electron chi connectivity index (χ1n) is 5.37. The van der Waals surface area contributed by atoms with Gasteiger partial charge < -0.3 is 10.1 Å². The van der Waals surface area contributed by atoms with Crippen molar-refractivity contribution < 1.29 is 13.9 Å². The molecule has 0 saturated heterocycles. The molecule has 0 aliphatic rings. The summed E-state index contributed by atoms with van der Waals surface area (Å²) in [6, 6.07) is 5.83. The fourth-order valence-electron chi connectivity index (χ4n) is 1.12. The number of halogens is 1. The van der Waals surface area contributed by atoms with Gasteiger partial charge in [-0.3, -0.25) is 4.79 Å². The van der Waals surface area contributed by atoms with Crippen LogP contribution in [-0.2, 0) is 9.53 Å². The van der Waals surface area contributed by atoms with E-state index in [0.29, 0.717) is 12.3 Å². The number of hydrogen-bond donors (Lipinski definition) is 1. The second kappa shape index (κ2) is 6.82. The van der Waals surface area contributed by atoms with Crippen LogP contribution in [0.2, 0.25) is 0 Å². The molecule has 0 aliphatic heterocycles. The molecule has 0 unspecified atom stereocenters. The second-order valence-electron chi connectivity index (χ2n) is 3.43. The average molecular weight is 225 g/mol. The number of benzene rings is 1.